The zero-order valence-corrected chi connectivity index (χ0v) is 12.9. The van der Waals surface area contributed by atoms with Crippen molar-refractivity contribution in [2.24, 2.45) is 17.3 Å². The second-order valence-electron chi connectivity index (χ2n) is 6.52. The van der Waals surface area contributed by atoms with Crippen LogP contribution >= 0.6 is 0 Å². The van der Waals surface area contributed by atoms with E-state index in [4.69, 9.17) is 9.57 Å². The van der Waals surface area contributed by atoms with Gasteiger partial charge >= 0.3 is 6.16 Å². The highest BCUT2D eigenvalue weighted by Crippen LogP contribution is 2.63. The van der Waals surface area contributed by atoms with Gasteiger partial charge in [0, 0.05) is 25.2 Å². The molecule has 5 nitrogen and oxygen atoms in total. The van der Waals surface area contributed by atoms with Crippen LogP contribution < -0.4 is 0 Å². The number of nitrogens with zero attached hydrogens (tertiary/aromatic N) is 1. The van der Waals surface area contributed by atoms with E-state index in [2.05, 4.69) is 25.3 Å². The molecule has 0 spiro atoms. The van der Waals surface area contributed by atoms with Gasteiger partial charge in [0.15, 0.2) is 0 Å². The number of hydrogen-bond donors (Lipinski definition) is 0. The largest absolute Gasteiger partial charge is 0.533 e. The lowest BCUT2D eigenvalue weighted by atomic mass is 9.95. The van der Waals surface area contributed by atoms with Gasteiger partial charge in [-0.1, -0.05) is 13.5 Å². The zero-order chi connectivity index (χ0) is 15.7. The van der Waals surface area contributed by atoms with Gasteiger partial charge in [0.1, 0.15) is 0 Å². The first kappa shape index (κ1) is 15.0. The fraction of sp³-hybridized carbons (Fsp3) is 0.647. The van der Waals surface area contributed by atoms with Gasteiger partial charge in [0.2, 0.25) is 0 Å². The minimum atomic E-state index is -0.824. The Hall–Kier alpha value is -1.96. The molecule has 0 aromatic heterocycles. The topological polar surface area (TPSA) is 55.8 Å². The molecular weight excluding hydrogens is 282 g/mol. The van der Waals surface area contributed by atoms with E-state index in [1.54, 1.807) is 0 Å². The quantitative estimate of drug-likeness (QED) is 0.594. The van der Waals surface area contributed by atoms with Gasteiger partial charge in [0.05, 0.1) is 12.3 Å². The predicted molar refractivity (Wildman–Crippen MR) is 79.0 cm³/mol. The van der Waals surface area contributed by atoms with E-state index in [0.717, 1.165) is 30.7 Å². The first-order valence-electron chi connectivity index (χ1n) is 7.83. The summed E-state index contributed by atoms with van der Waals surface area (Å²) in [5, 5.41) is 0.952. The van der Waals surface area contributed by atoms with Crippen LogP contribution in [0.15, 0.2) is 12.3 Å². The molecule has 0 aromatic carbocycles. The van der Waals surface area contributed by atoms with Crippen LogP contribution in [0, 0.1) is 29.1 Å². The van der Waals surface area contributed by atoms with Crippen LogP contribution in [-0.4, -0.2) is 23.7 Å². The summed E-state index contributed by atoms with van der Waals surface area (Å²) in [6, 6.07) is 0. The molecule has 2 fully saturated rings. The molecule has 0 aromatic rings. The number of carbonyl (C=O) groups excluding carboxylic acids is 2. The van der Waals surface area contributed by atoms with Crippen LogP contribution in [0.5, 0.6) is 0 Å². The Morgan fingerprint density at radius 3 is 2.91 bits per heavy atom. The SMILES string of the molecule is C=C1CCC(=O)N1OC(=O)OC[C@@H]1[C@@H]2CCC#CCC[C@]12C. The molecule has 3 rings (SSSR count). The van der Waals surface area contributed by atoms with E-state index < -0.39 is 6.16 Å². The van der Waals surface area contributed by atoms with Gasteiger partial charge in [-0.15, -0.1) is 16.9 Å². The van der Waals surface area contributed by atoms with Crippen molar-refractivity contribution in [3.8, 4) is 11.8 Å². The van der Waals surface area contributed by atoms with Gasteiger partial charge in [-0.25, -0.2) is 4.79 Å². The van der Waals surface area contributed by atoms with Crippen LogP contribution in [0.3, 0.4) is 0 Å². The smallest absolute Gasteiger partial charge is 0.432 e. The maximum Gasteiger partial charge on any atom is 0.533 e. The van der Waals surface area contributed by atoms with E-state index in [9.17, 15) is 9.59 Å². The van der Waals surface area contributed by atoms with Crippen LogP contribution in [-0.2, 0) is 14.4 Å². The highest BCUT2D eigenvalue weighted by Gasteiger charge is 2.60. The molecule has 5 heteroatoms. The van der Waals surface area contributed by atoms with E-state index >= 15 is 0 Å². The summed E-state index contributed by atoms with van der Waals surface area (Å²) in [5.74, 6) is 7.02. The van der Waals surface area contributed by atoms with Crippen molar-refractivity contribution in [2.75, 3.05) is 6.61 Å². The normalized spacial score (nSPS) is 33.2. The van der Waals surface area contributed by atoms with Crippen molar-refractivity contribution >= 4 is 12.1 Å². The van der Waals surface area contributed by atoms with Crippen LogP contribution in [0.4, 0.5) is 4.79 Å². The van der Waals surface area contributed by atoms with Crippen molar-refractivity contribution < 1.29 is 19.2 Å². The fourth-order valence-corrected chi connectivity index (χ4v) is 3.71. The summed E-state index contributed by atoms with van der Waals surface area (Å²) >= 11 is 0. The molecule has 1 aliphatic heterocycles. The lowest BCUT2D eigenvalue weighted by Gasteiger charge is -2.15. The maximum absolute atomic E-state index is 11.8. The predicted octanol–water partition coefficient (Wildman–Crippen LogP) is 3.02. The maximum atomic E-state index is 11.8. The molecule has 0 bridgehead atoms. The Bertz CT molecular complexity index is 557. The Kier molecular flexibility index (Phi) is 3.86. The van der Waals surface area contributed by atoms with Gasteiger partial charge < -0.3 is 4.74 Å². The minimum Gasteiger partial charge on any atom is -0.432 e. The summed E-state index contributed by atoms with van der Waals surface area (Å²) in [6.07, 6.45) is 3.97. The van der Waals surface area contributed by atoms with Gasteiger partial charge in [0.25, 0.3) is 5.91 Å². The standard InChI is InChI=1S/C17H21NO4/c1-12-8-9-15(19)18(12)22-16(20)21-11-14-13-7-5-3-4-6-10-17(13,14)2/h13-14H,1,5-11H2,2H3/t13-,14+,17-/m0/s1. The summed E-state index contributed by atoms with van der Waals surface area (Å²) < 4.78 is 5.23. The molecule has 1 saturated carbocycles. The molecule has 1 heterocycles. The first-order valence-corrected chi connectivity index (χ1v) is 7.83. The van der Waals surface area contributed by atoms with Crippen LogP contribution in [0.25, 0.3) is 0 Å². The molecule has 3 aliphatic rings. The minimum absolute atomic E-state index is 0.225. The number of fused-ring (bicyclic) bond motifs is 1. The third-order valence-electron chi connectivity index (χ3n) is 5.25. The number of hydrogen-bond acceptors (Lipinski definition) is 4. The van der Waals surface area contributed by atoms with Gasteiger partial charge in [-0.3, -0.25) is 9.63 Å². The Morgan fingerprint density at radius 2 is 2.18 bits per heavy atom. The molecule has 22 heavy (non-hydrogen) atoms. The molecule has 1 amide bonds. The van der Waals surface area contributed by atoms with Crippen molar-refractivity contribution in [2.45, 2.75) is 45.4 Å². The number of amides is 1. The highest BCUT2D eigenvalue weighted by atomic mass is 16.8. The van der Waals surface area contributed by atoms with Gasteiger partial charge in [-0.2, -0.15) is 0 Å². The third kappa shape index (κ3) is 2.70. The highest BCUT2D eigenvalue weighted by molar-refractivity contribution is 5.81. The first-order chi connectivity index (χ1) is 10.5. The number of rotatable bonds is 3. The summed E-state index contributed by atoms with van der Waals surface area (Å²) in [6.45, 7) is 6.28. The number of ether oxygens (including phenoxy) is 1. The molecule has 118 valence electrons. The lowest BCUT2D eigenvalue weighted by Crippen LogP contribution is -2.27. The van der Waals surface area contributed by atoms with E-state index in [0.29, 0.717) is 37.0 Å². The van der Waals surface area contributed by atoms with Crippen molar-refractivity contribution in [1.82, 2.24) is 5.06 Å². The number of allylic oxidation sites excluding steroid dienone is 1. The average Bonchev–Trinajstić information content (AvgIpc) is 2.86. The Morgan fingerprint density at radius 1 is 1.41 bits per heavy atom. The van der Waals surface area contributed by atoms with Crippen LogP contribution in [0.2, 0.25) is 0 Å². The summed E-state index contributed by atoms with van der Waals surface area (Å²) in [7, 11) is 0. The van der Waals surface area contributed by atoms with Crippen molar-refractivity contribution in [3.05, 3.63) is 12.3 Å². The van der Waals surface area contributed by atoms with Crippen molar-refractivity contribution in [3.63, 3.8) is 0 Å². The average molecular weight is 303 g/mol. The second kappa shape index (κ2) is 5.68. The zero-order valence-electron chi connectivity index (χ0n) is 12.9. The summed E-state index contributed by atoms with van der Waals surface area (Å²) in [5.41, 5.74) is 0.724. The number of hydroxylamine groups is 2. The monoisotopic (exact) mass is 303 g/mol. The second-order valence-corrected chi connectivity index (χ2v) is 6.52. The van der Waals surface area contributed by atoms with E-state index in [1.165, 1.54) is 0 Å². The van der Waals surface area contributed by atoms with Gasteiger partial charge in [-0.05, 0) is 30.6 Å². The Labute approximate surface area is 130 Å². The lowest BCUT2D eigenvalue weighted by molar-refractivity contribution is -0.158. The third-order valence-corrected chi connectivity index (χ3v) is 5.25. The van der Waals surface area contributed by atoms with Crippen LogP contribution in [0.1, 0.15) is 45.4 Å². The summed E-state index contributed by atoms with van der Waals surface area (Å²) in [4.78, 5) is 28.2. The molecule has 0 radical (unpaired) electrons. The molecule has 1 saturated heterocycles. The molecule has 0 unspecified atom stereocenters. The fourth-order valence-electron chi connectivity index (χ4n) is 3.71. The molecule has 2 aliphatic carbocycles. The van der Waals surface area contributed by atoms with E-state index in [-0.39, 0.29) is 11.3 Å². The van der Waals surface area contributed by atoms with E-state index in [1.807, 2.05) is 0 Å². The molecule has 0 N–H and O–H groups in total. The Balaban J connectivity index is 1.48. The van der Waals surface area contributed by atoms with Crippen molar-refractivity contribution in [1.29, 1.82) is 0 Å². The molecular formula is C17H21NO4. The number of carbonyl (C=O) groups is 2. The molecule has 3 atom stereocenters.